The van der Waals surface area contributed by atoms with Crippen LogP contribution in [0.25, 0.3) is 5.65 Å². The van der Waals surface area contributed by atoms with E-state index in [1.54, 1.807) is 0 Å². The van der Waals surface area contributed by atoms with Crippen LogP contribution >= 0.6 is 0 Å². The quantitative estimate of drug-likeness (QED) is 0.810. The summed E-state index contributed by atoms with van der Waals surface area (Å²) in [5.74, 6) is 0.0276. The van der Waals surface area contributed by atoms with E-state index in [0.29, 0.717) is 38.0 Å². The van der Waals surface area contributed by atoms with Gasteiger partial charge in [-0.05, 0) is 39.1 Å². The molecule has 2 saturated heterocycles. The first-order valence-electron chi connectivity index (χ1n) is 9.77. The molecule has 4 rings (SSSR count). The predicted octanol–water partition coefficient (Wildman–Crippen LogP) is 1.25. The Morgan fingerprint density at radius 1 is 1.30 bits per heavy atom. The summed E-state index contributed by atoms with van der Waals surface area (Å²) >= 11 is 0. The third-order valence-electron chi connectivity index (χ3n) is 5.80. The molecule has 0 aliphatic carbocycles. The van der Waals surface area contributed by atoms with E-state index in [9.17, 15) is 4.79 Å². The highest BCUT2D eigenvalue weighted by atomic mass is 16.5. The molecule has 1 atom stereocenters. The van der Waals surface area contributed by atoms with Crippen LogP contribution in [0.3, 0.4) is 0 Å². The second kappa shape index (κ2) is 7.58. The molecule has 0 radical (unpaired) electrons. The fraction of sp³-hybridized carbons (Fsp3) is 0.600. The minimum Gasteiger partial charge on any atom is -0.378 e. The smallest absolute Gasteiger partial charge is 0.274 e. The summed E-state index contributed by atoms with van der Waals surface area (Å²) in [4.78, 5) is 24.6. The van der Waals surface area contributed by atoms with Crippen molar-refractivity contribution in [2.45, 2.75) is 25.9 Å². The molecule has 27 heavy (non-hydrogen) atoms. The minimum atomic E-state index is 0.0276. The van der Waals surface area contributed by atoms with Gasteiger partial charge < -0.3 is 18.9 Å². The summed E-state index contributed by atoms with van der Waals surface area (Å²) in [6, 6.07) is 4.65. The molecule has 2 aromatic rings. The van der Waals surface area contributed by atoms with Gasteiger partial charge in [0.05, 0.1) is 18.9 Å². The van der Waals surface area contributed by atoms with Crippen molar-refractivity contribution in [1.29, 1.82) is 0 Å². The number of aryl methyl sites for hydroxylation is 1. The molecular weight excluding hydrogens is 342 g/mol. The van der Waals surface area contributed by atoms with E-state index in [-0.39, 0.29) is 5.91 Å². The molecule has 7 nitrogen and oxygen atoms in total. The maximum absolute atomic E-state index is 13.2. The first kappa shape index (κ1) is 18.4. The van der Waals surface area contributed by atoms with Crippen molar-refractivity contribution in [3.05, 3.63) is 35.3 Å². The van der Waals surface area contributed by atoms with Crippen molar-refractivity contribution in [3.63, 3.8) is 0 Å². The standard InChI is InChI=1S/C20H29N5O2/c1-15-5-4-7-25-17(14-23-8-6-16(13-23)22(2)3)18(21-19(15)25)20(26)24-9-11-27-12-10-24/h4-5,7,16H,6,8-14H2,1-3H3. The zero-order valence-corrected chi connectivity index (χ0v) is 16.5. The van der Waals surface area contributed by atoms with E-state index in [4.69, 9.17) is 9.72 Å². The van der Waals surface area contributed by atoms with Gasteiger partial charge >= 0.3 is 0 Å². The number of pyridine rings is 1. The predicted molar refractivity (Wildman–Crippen MR) is 104 cm³/mol. The molecular formula is C20H29N5O2. The number of hydrogen-bond acceptors (Lipinski definition) is 5. The van der Waals surface area contributed by atoms with Crippen molar-refractivity contribution in [1.82, 2.24) is 24.1 Å². The van der Waals surface area contributed by atoms with Crippen LogP contribution in [-0.4, -0.2) is 89.5 Å². The number of rotatable bonds is 4. The number of carbonyl (C=O) groups is 1. The first-order chi connectivity index (χ1) is 13.0. The Morgan fingerprint density at radius 2 is 2.07 bits per heavy atom. The Labute approximate surface area is 160 Å². The van der Waals surface area contributed by atoms with Crippen LogP contribution in [0.15, 0.2) is 18.3 Å². The highest BCUT2D eigenvalue weighted by Gasteiger charge is 2.29. The van der Waals surface area contributed by atoms with E-state index < -0.39 is 0 Å². The fourth-order valence-electron chi connectivity index (χ4n) is 4.08. The lowest BCUT2D eigenvalue weighted by molar-refractivity contribution is 0.0298. The van der Waals surface area contributed by atoms with Gasteiger partial charge in [0, 0.05) is 45.0 Å². The van der Waals surface area contributed by atoms with Gasteiger partial charge in [-0.3, -0.25) is 9.69 Å². The first-order valence-corrected chi connectivity index (χ1v) is 9.77. The number of likely N-dealkylation sites (N-methyl/N-ethyl adjacent to an activating group) is 1. The third-order valence-corrected chi connectivity index (χ3v) is 5.80. The molecule has 2 fully saturated rings. The molecule has 1 amide bonds. The number of aromatic nitrogens is 2. The van der Waals surface area contributed by atoms with E-state index in [1.807, 2.05) is 30.2 Å². The van der Waals surface area contributed by atoms with Crippen molar-refractivity contribution in [2.24, 2.45) is 0 Å². The normalized spacial score (nSPS) is 21.5. The number of likely N-dealkylation sites (tertiary alicyclic amines) is 1. The van der Waals surface area contributed by atoms with Crippen molar-refractivity contribution >= 4 is 11.6 Å². The summed E-state index contributed by atoms with van der Waals surface area (Å²) in [6.07, 6.45) is 3.19. The molecule has 2 aromatic heterocycles. The van der Waals surface area contributed by atoms with Gasteiger partial charge in [-0.15, -0.1) is 0 Å². The topological polar surface area (TPSA) is 53.3 Å². The molecule has 2 aliphatic heterocycles. The molecule has 2 aliphatic rings. The molecule has 0 spiro atoms. The monoisotopic (exact) mass is 371 g/mol. The lowest BCUT2D eigenvalue weighted by Crippen LogP contribution is -2.41. The molecule has 7 heteroatoms. The number of carbonyl (C=O) groups excluding carboxylic acids is 1. The fourth-order valence-corrected chi connectivity index (χ4v) is 4.08. The highest BCUT2D eigenvalue weighted by molar-refractivity contribution is 5.94. The molecule has 146 valence electrons. The number of imidazole rings is 1. The number of hydrogen-bond donors (Lipinski definition) is 0. The highest BCUT2D eigenvalue weighted by Crippen LogP contribution is 2.22. The molecule has 1 unspecified atom stereocenters. The number of ether oxygens (including phenoxy) is 1. The molecule has 0 bridgehead atoms. The van der Waals surface area contributed by atoms with Crippen LogP contribution < -0.4 is 0 Å². The number of morpholine rings is 1. The lowest BCUT2D eigenvalue weighted by atomic mass is 10.2. The van der Waals surface area contributed by atoms with E-state index in [2.05, 4.69) is 28.3 Å². The largest absolute Gasteiger partial charge is 0.378 e. The van der Waals surface area contributed by atoms with Crippen LogP contribution in [0.2, 0.25) is 0 Å². The SMILES string of the molecule is Cc1cccn2c(CN3CCC(N(C)C)C3)c(C(=O)N3CCOCC3)nc12. The van der Waals surface area contributed by atoms with E-state index in [0.717, 1.165) is 43.0 Å². The van der Waals surface area contributed by atoms with Gasteiger partial charge in [0.2, 0.25) is 0 Å². The second-order valence-corrected chi connectivity index (χ2v) is 7.84. The van der Waals surface area contributed by atoms with Gasteiger partial charge in [0.25, 0.3) is 5.91 Å². The van der Waals surface area contributed by atoms with Crippen LogP contribution in [-0.2, 0) is 11.3 Å². The molecule has 0 saturated carbocycles. The van der Waals surface area contributed by atoms with E-state index >= 15 is 0 Å². The van der Waals surface area contributed by atoms with Crippen molar-refractivity contribution < 1.29 is 9.53 Å². The number of amides is 1. The van der Waals surface area contributed by atoms with Gasteiger partial charge in [0.1, 0.15) is 5.65 Å². The summed E-state index contributed by atoms with van der Waals surface area (Å²) in [7, 11) is 4.28. The lowest BCUT2D eigenvalue weighted by Gasteiger charge is -2.27. The van der Waals surface area contributed by atoms with Gasteiger partial charge in [0.15, 0.2) is 5.69 Å². The Bertz CT molecular complexity index is 825. The molecule has 0 N–H and O–H groups in total. The van der Waals surface area contributed by atoms with Crippen LogP contribution in [0, 0.1) is 6.92 Å². The van der Waals surface area contributed by atoms with Gasteiger partial charge in [-0.25, -0.2) is 4.98 Å². The van der Waals surface area contributed by atoms with Gasteiger partial charge in [-0.1, -0.05) is 6.07 Å². The second-order valence-electron chi connectivity index (χ2n) is 7.84. The Hall–Kier alpha value is -1.96. The Morgan fingerprint density at radius 3 is 2.78 bits per heavy atom. The molecule has 0 aromatic carbocycles. The van der Waals surface area contributed by atoms with Gasteiger partial charge in [-0.2, -0.15) is 0 Å². The summed E-state index contributed by atoms with van der Waals surface area (Å²) in [5, 5.41) is 0. The summed E-state index contributed by atoms with van der Waals surface area (Å²) < 4.78 is 7.51. The van der Waals surface area contributed by atoms with Crippen LogP contribution in [0.5, 0.6) is 0 Å². The minimum absolute atomic E-state index is 0.0276. The third kappa shape index (κ3) is 3.59. The molecule has 4 heterocycles. The van der Waals surface area contributed by atoms with E-state index in [1.165, 1.54) is 0 Å². The van der Waals surface area contributed by atoms with Crippen molar-refractivity contribution in [3.8, 4) is 0 Å². The Balaban J connectivity index is 1.67. The van der Waals surface area contributed by atoms with Crippen molar-refractivity contribution in [2.75, 3.05) is 53.5 Å². The summed E-state index contributed by atoms with van der Waals surface area (Å²) in [6.45, 7) is 7.35. The zero-order chi connectivity index (χ0) is 19.0. The maximum Gasteiger partial charge on any atom is 0.274 e. The zero-order valence-electron chi connectivity index (χ0n) is 16.5. The average molecular weight is 371 g/mol. The number of fused-ring (bicyclic) bond motifs is 1. The number of nitrogens with zero attached hydrogens (tertiary/aromatic N) is 5. The van der Waals surface area contributed by atoms with Crippen LogP contribution in [0.4, 0.5) is 0 Å². The average Bonchev–Trinajstić information content (AvgIpc) is 3.29. The van der Waals surface area contributed by atoms with Crippen LogP contribution in [0.1, 0.15) is 28.2 Å². The maximum atomic E-state index is 13.2. The Kier molecular flexibility index (Phi) is 5.16. The summed E-state index contributed by atoms with van der Waals surface area (Å²) in [5.41, 5.74) is 3.57.